The number of benzene rings is 1. The third kappa shape index (κ3) is 1.86. The fourth-order valence-corrected chi connectivity index (χ4v) is 4.26. The Hall–Kier alpha value is -1.98. The Labute approximate surface area is 135 Å². The largest absolute Gasteiger partial charge is 0.332 e. The number of hydrogen-bond acceptors (Lipinski definition) is 3. The summed E-state index contributed by atoms with van der Waals surface area (Å²) >= 11 is 7.85. The molecule has 3 heterocycles. The molecule has 0 aliphatic rings. The first-order valence-corrected chi connectivity index (χ1v) is 7.91. The number of thiophene rings is 1. The summed E-state index contributed by atoms with van der Waals surface area (Å²) in [5.41, 5.74) is 4.38. The summed E-state index contributed by atoms with van der Waals surface area (Å²) in [6.07, 6.45) is 1.73. The van der Waals surface area contributed by atoms with Crippen LogP contribution in [-0.2, 0) is 7.05 Å². The fraction of sp³-hybridized carbons (Fsp3) is 0.125. The second-order valence-corrected chi connectivity index (χ2v) is 6.58. The minimum Gasteiger partial charge on any atom is -0.332 e. The molecule has 6 heteroatoms. The Morgan fingerprint density at radius 2 is 2.09 bits per heavy atom. The first kappa shape index (κ1) is 13.7. The van der Waals surface area contributed by atoms with Gasteiger partial charge >= 0.3 is 0 Å². The van der Waals surface area contributed by atoms with E-state index in [0.717, 1.165) is 31.7 Å². The number of hydrogen-bond donors (Lipinski definition) is 0. The number of fused-ring (bicyclic) bond motifs is 3. The van der Waals surface area contributed by atoms with E-state index in [9.17, 15) is 4.39 Å². The molecule has 1 aromatic carbocycles. The van der Waals surface area contributed by atoms with Crippen molar-refractivity contribution in [1.82, 2.24) is 14.5 Å². The number of aromatic nitrogens is 3. The van der Waals surface area contributed by atoms with Gasteiger partial charge in [-0.15, -0.1) is 11.3 Å². The number of pyridine rings is 1. The molecule has 3 aromatic heterocycles. The lowest BCUT2D eigenvalue weighted by atomic mass is 10.1. The summed E-state index contributed by atoms with van der Waals surface area (Å²) in [6, 6.07) is 6.61. The van der Waals surface area contributed by atoms with E-state index in [1.165, 1.54) is 6.07 Å². The summed E-state index contributed by atoms with van der Waals surface area (Å²) in [5.74, 6) is -0.244. The van der Waals surface area contributed by atoms with E-state index in [1.807, 2.05) is 24.6 Å². The third-order valence-electron chi connectivity index (χ3n) is 3.76. The molecule has 0 fully saturated rings. The summed E-state index contributed by atoms with van der Waals surface area (Å²) in [4.78, 5) is 9.81. The molecule has 0 bridgehead atoms. The van der Waals surface area contributed by atoms with E-state index in [4.69, 9.17) is 11.6 Å². The van der Waals surface area contributed by atoms with Crippen LogP contribution in [0.25, 0.3) is 31.7 Å². The highest BCUT2D eigenvalue weighted by Crippen LogP contribution is 2.41. The van der Waals surface area contributed by atoms with Gasteiger partial charge in [0.1, 0.15) is 11.3 Å². The van der Waals surface area contributed by atoms with Crippen molar-refractivity contribution in [2.45, 2.75) is 6.92 Å². The van der Waals surface area contributed by atoms with E-state index in [2.05, 4.69) is 9.97 Å². The molecule has 0 N–H and O–H groups in total. The van der Waals surface area contributed by atoms with Crippen LogP contribution in [0, 0.1) is 12.7 Å². The maximum Gasteiger partial charge on any atom is 0.157 e. The highest BCUT2D eigenvalue weighted by Gasteiger charge is 2.18. The molecule has 0 aliphatic carbocycles. The maximum atomic E-state index is 13.5. The van der Waals surface area contributed by atoms with Gasteiger partial charge in [0.05, 0.1) is 22.1 Å². The Bertz CT molecular complexity index is 1030. The summed E-state index contributed by atoms with van der Waals surface area (Å²) in [7, 11) is 1.93. The number of nitrogens with zero attached hydrogens (tertiary/aromatic N) is 3. The number of aryl methyl sites for hydroxylation is 2. The molecule has 0 atom stereocenters. The molecule has 0 radical (unpaired) electrons. The molecule has 0 unspecified atom stereocenters. The smallest absolute Gasteiger partial charge is 0.157 e. The quantitative estimate of drug-likeness (QED) is 0.462. The average Bonchev–Trinajstić information content (AvgIpc) is 3.02. The highest BCUT2D eigenvalue weighted by molar-refractivity contribution is 7.23. The van der Waals surface area contributed by atoms with E-state index in [-0.39, 0.29) is 5.82 Å². The lowest BCUT2D eigenvalue weighted by Crippen LogP contribution is -1.87. The Balaban J connectivity index is 2.13. The van der Waals surface area contributed by atoms with Crippen LogP contribution in [0.2, 0.25) is 5.15 Å². The van der Waals surface area contributed by atoms with Gasteiger partial charge in [0.25, 0.3) is 0 Å². The second-order valence-electron chi connectivity index (χ2n) is 5.20. The average molecular weight is 332 g/mol. The molecule has 0 saturated heterocycles. The number of halogens is 2. The van der Waals surface area contributed by atoms with Crippen LogP contribution in [0.4, 0.5) is 4.39 Å². The zero-order valence-corrected chi connectivity index (χ0v) is 13.5. The van der Waals surface area contributed by atoms with E-state index >= 15 is 0 Å². The Kier molecular flexibility index (Phi) is 2.96. The van der Waals surface area contributed by atoms with Gasteiger partial charge in [0, 0.05) is 11.9 Å². The SMILES string of the molecule is Cc1c(-c2cccc(F)c2)sc2c1nc(Cl)c1ncn(C)c12. The fourth-order valence-electron chi connectivity index (χ4n) is 2.71. The molecule has 0 amide bonds. The zero-order valence-electron chi connectivity index (χ0n) is 11.9. The molecule has 0 aliphatic heterocycles. The van der Waals surface area contributed by atoms with Gasteiger partial charge < -0.3 is 4.57 Å². The van der Waals surface area contributed by atoms with Crippen molar-refractivity contribution >= 4 is 44.2 Å². The first-order valence-electron chi connectivity index (χ1n) is 6.72. The monoisotopic (exact) mass is 331 g/mol. The number of imidazole rings is 1. The van der Waals surface area contributed by atoms with Crippen LogP contribution in [0.15, 0.2) is 30.6 Å². The van der Waals surface area contributed by atoms with Crippen LogP contribution in [0.5, 0.6) is 0 Å². The van der Waals surface area contributed by atoms with Gasteiger partial charge in [-0.1, -0.05) is 23.7 Å². The molecule has 0 spiro atoms. The van der Waals surface area contributed by atoms with Gasteiger partial charge in [0.2, 0.25) is 0 Å². The van der Waals surface area contributed by atoms with Crippen molar-refractivity contribution in [3.05, 3.63) is 47.1 Å². The molecule has 3 nitrogen and oxygen atoms in total. The van der Waals surface area contributed by atoms with Crippen LogP contribution in [0.3, 0.4) is 0 Å². The van der Waals surface area contributed by atoms with Gasteiger partial charge in [-0.25, -0.2) is 14.4 Å². The normalized spacial score (nSPS) is 11.6. The Morgan fingerprint density at radius 3 is 2.86 bits per heavy atom. The minimum absolute atomic E-state index is 0.244. The molecule has 0 saturated carbocycles. The molecular formula is C16H11ClFN3S. The third-order valence-corrected chi connectivity index (χ3v) is 5.36. The summed E-state index contributed by atoms with van der Waals surface area (Å²) in [6.45, 7) is 1.99. The summed E-state index contributed by atoms with van der Waals surface area (Å²) < 4.78 is 16.5. The van der Waals surface area contributed by atoms with E-state index < -0.39 is 0 Å². The van der Waals surface area contributed by atoms with Crippen molar-refractivity contribution in [3.63, 3.8) is 0 Å². The van der Waals surface area contributed by atoms with Gasteiger partial charge in [-0.3, -0.25) is 0 Å². The zero-order chi connectivity index (χ0) is 15.4. The van der Waals surface area contributed by atoms with Crippen molar-refractivity contribution in [3.8, 4) is 10.4 Å². The standard InChI is InChI=1S/C16H11ClFN3S/c1-8-11-15(13-12(16(17)20-11)19-7-21(13)2)22-14(8)9-4-3-5-10(18)6-9/h3-7H,1-2H3. The van der Waals surface area contributed by atoms with Crippen molar-refractivity contribution in [1.29, 1.82) is 0 Å². The van der Waals surface area contributed by atoms with Crippen LogP contribution in [-0.4, -0.2) is 14.5 Å². The van der Waals surface area contributed by atoms with Crippen LogP contribution < -0.4 is 0 Å². The maximum absolute atomic E-state index is 13.5. The lowest BCUT2D eigenvalue weighted by molar-refractivity contribution is 0.628. The predicted molar refractivity (Wildman–Crippen MR) is 89.0 cm³/mol. The van der Waals surface area contributed by atoms with E-state index in [1.54, 1.807) is 29.8 Å². The van der Waals surface area contributed by atoms with Crippen LogP contribution >= 0.6 is 22.9 Å². The summed E-state index contributed by atoms with van der Waals surface area (Å²) in [5, 5.41) is 0.398. The van der Waals surface area contributed by atoms with Crippen LogP contribution in [0.1, 0.15) is 5.56 Å². The molecule has 4 aromatic rings. The number of rotatable bonds is 1. The van der Waals surface area contributed by atoms with Gasteiger partial charge in [-0.2, -0.15) is 0 Å². The van der Waals surface area contributed by atoms with Gasteiger partial charge in [-0.05, 0) is 30.2 Å². The molecule has 4 rings (SSSR count). The lowest BCUT2D eigenvalue weighted by Gasteiger charge is -1.99. The highest BCUT2D eigenvalue weighted by atomic mass is 35.5. The topological polar surface area (TPSA) is 30.7 Å². The molecule has 110 valence electrons. The Morgan fingerprint density at radius 1 is 1.27 bits per heavy atom. The van der Waals surface area contributed by atoms with Crippen molar-refractivity contribution < 1.29 is 4.39 Å². The molecule has 22 heavy (non-hydrogen) atoms. The second kappa shape index (κ2) is 4.76. The van der Waals surface area contributed by atoms with Crippen molar-refractivity contribution in [2.75, 3.05) is 0 Å². The predicted octanol–water partition coefficient (Wildman–Crippen LogP) is 4.95. The van der Waals surface area contributed by atoms with Crippen molar-refractivity contribution in [2.24, 2.45) is 7.05 Å². The van der Waals surface area contributed by atoms with E-state index in [0.29, 0.717) is 10.7 Å². The molecular weight excluding hydrogens is 321 g/mol. The van der Waals surface area contributed by atoms with Gasteiger partial charge in [0.15, 0.2) is 5.15 Å². The first-order chi connectivity index (χ1) is 10.6. The minimum atomic E-state index is -0.244.